The number of methoxy groups -OCH3 is 1. The molecular weight excluding hydrogens is 676 g/mol. The summed E-state index contributed by atoms with van der Waals surface area (Å²) in [6.45, 7) is 9.82. The van der Waals surface area contributed by atoms with E-state index in [1.807, 2.05) is 0 Å². The average Bonchev–Trinajstić information content (AvgIpc) is 3.79. The maximum Gasteiger partial charge on any atom is 0.335 e. The second-order valence-corrected chi connectivity index (χ2v) is 15.7. The number of furan rings is 1. The lowest BCUT2D eigenvalue weighted by molar-refractivity contribution is -0.448. The minimum Gasteiger partial charge on any atom is -0.472 e. The average molecular weight is 717 g/mol. The number of fused-ring (bicyclic) bond motifs is 4. The minimum absolute atomic E-state index is 0.143. The molecule has 6 fully saturated rings. The normalized spacial score (nSPS) is 50.0. The van der Waals surface area contributed by atoms with Gasteiger partial charge in [-0.15, -0.1) is 0 Å². The molecule has 2 N–H and O–H groups in total. The zero-order chi connectivity index (χ0) is 37.1. The fourth-order valence-corrected chi connectivity index (χ4v) is 12.3. The molecule has 4 bridgehead atoms. The van der Waals surface area contributed by atoms with Gasteiger partial charge in [0.2, 0.25) is 5.60 Å². The number of hydrogen-bond donors (Lipinski definition) is 2. The van der Waals surface area contributed by atoms with E-state index in [-0.39, 0.29) is 18.4 Å². The van der Waals surface area contributed by atoms with Gasteiger partial charge in [0, 0.05) is 62.5 Å². The van der Waals surface area contributed by atoms with Gasteiger partial charge >= 0.3 is 29.8 Å². The van der Waals surface area contributed by atoms with E-state index in [1.165, 1.54) is 32.4 Å². The molecule has 0 aromatic carbocycles. The van der Waals surface area contributed by atoms with Crippen LogP contribution in [0.2, 0.25) is 0 Å². The van der Waals surface area contributed by atoms with Crippen LogP contribution in [0.3, 0.4) is 0 Å². The molecule has 0 amide bonds. The van der Waals surface area contributed by atoms with E-state index in [9.17, 15) is 34.2 Å². The van der Waals surface area contributed by atoms with Crippen LogP contribution in [-0.4, -0.2) is 100.0 Å². The minimum atomic E-state index is -2.31. The van der Waals surface area contributed by atoms with Crippen LogP contribution >= 0.6 is 0 Å². The molecule has 7 aliphatic rings. The predicted octanol–water partition coefficient (Wildman–Crippen LogP) is 1.30. The second-order valence-electron chi connectivity index (χ2n) is 15.7. The number of rotatable bonds is 6. The van der Waals surface area contributed by atoms with Gasteiger partial charge in [0.05, 0.1) is 25.1 Å². The van der Waals surface area contributed by atoms with Crippen molar-refractivity contribution in [2.24, 2.45) is 22.2 Å². The van der Waals surface area contributed by atoms with Crippen molar-refractivity contribution < 1.29 is 76.5 Å². The number of esters is 5. The SMILES string of the molecule is COC(=O)[C@@H](O)C1[C@@]2(C)[C@@]3(O)C[C@@]1(C)[C@@H](OC(C)=O)[C@@]3(OC(C)=O)[C@@H]1O[C@]3(C)O[C@]24C[C@@H](OC(C)=O)[C@@]2(C)C(=CC(=O)O[C@H]2c2ccoc2)[C@]14O3. The smallest absolute Gasteiger partial charge is 0.335 e. The predicted molar refractivity (Wildman–Crippen MR) is 162 cm³/mol. The summed E-state index contributed by atoms with van der Waals surface area (Å²) >= 11 is 0. The van der Waals surface area contributed by atoms with E-state index in [0.717, 1.165) is 21.0 Å². The van der Waals surface area contributed by atoms with Crippen LogP contribution in [0.4, 0.5) is 0 Å². The standard InChI is InChI=1S/C35H40O16/c1-15(36)45-20-12-33-30(6)23(22(40)25(41)43-8)28(4)14-32(30,42)35(48-17(3)38,26(28)46-16(2)37)27-34(33,51-31(7,49-27)50-33)19-11-21(39)47-24(29(19,20)5)18-9-10-44-13-18/h9-11,13,20,22-24,26-27,40,42H,12,14H2,1-8H3/t20-,22+,23?,24+,26-,27-,28-,29-,30+,31-,32+,33-,34+,35-/m1/s1. The highest BCUT2D eigenvalue weighted by Crippen LogP contribution is 2.88. The van der Waals surface area contributed by atoms with Crippen molar-refractivity contribution in [2.45, 2.75) is 120 Å². The Labute approximate surface area is 291 Å². The first-order valence-corrected chi connectivity index (χ1v) is 16.7. The lowest BCUT2D eigenvalue weighted by Crippen LogP contribution is -2.94. The lowest BCUT2D eigenvalue weighted by Gasteiger charge is -2.76. The van der Waals surface area contributed by atoms with Crippen LogP contribution in [-0.2, 0) is 61.9 Å². The molecule has 1 aromatic heterocycles. The van der Waals surface area contributed by atoms with E-state index in [1.54, 1.807) is 26.8 Å². The number of carbonyl (C=O) groups is 5. The first-order valence-electron chi connectivity index (χ1n) is 16.7. The van der Waals surface area contributed by atoms with Crippen molar-refractivity contribution in [1.82, 2.24) is 0 Å². The molecule has 1 unspecified atom stereocenters. The summed E-state index contributed by atoms with van der Waals surface area (Å²) < 4.78 is 55.2. The quantitative estimate of drug-likeness (QED) is 0.314. The molecule has 51 heavy (non-hydrogen) atoms. The van der Waals surface area contributed by atoms with Gasteiger partial charge in [-0.2, -0.15) is 0 Å². The van der Waals surface area contributed by atoms with Crippen molar-refractivity contribution in [3.05, 3.63) is 35.8 Å². The molecule has 1 aromatic rings. The molecule has 8 rings (SSSR count). The number of aliphatic hydroxyl groups is 2. The molecule has 16 heteroatoms. The number of carbonyl (C=O) groups excluding carboxylic acids is 5. The fourth-order valence-electron chi connectivity index (χ4n) is 12.3. The number of cyclic esters (lactones) is 1. The van der Waals surface area contributed by atoms with Gasteiger partial charge in [-0.05, 0) is 25.0 Å². The van der Waals surface area contributed by atoms with Gasteiger partial charge in [-0.25, -0.2) is 9.59 Å². The lowest BCUT2D eigenvalue weighted by atomic mass is 9.34. The molecule has 4 saturated carbocycles. The van der Waals surface area contributed by atoms with Crippen molar-refractivity contribution >= 4 is 29.8 Å². The third-order valence-corrected chi connectivity index (χ3v) is 13.4. The monoisotopic (exact) mass is 716 g/mol. The fraction of sp³-hybridized carbons (Fsp3) is 0.686. The summed E-state index contributed by atoms with van der Waals surface area (Å²) in [6, 6.07) is 1.59. The zero-order valence-corrected chi connectivity index (χ0v) is 29.3. The molecule has 14 atom stereocenters. The maximum atomic E-state index is 13.8. The zero-order valence-electron chi connectivity index (χ0n) is 29.3. The van der Waals surface area contributed by atoms with Crippen LogP contribution in [0, 0.1) is 22.2 Å². The van der Waals surface area contributed by atoms with Gasteiger partial charge in [0.25, 0.3) is 5.97 Å². The molecule has 0 radical (unpaired) electrons. The highest BCUT2D eigenvalue weighted by Gasteiger charge is 3.04. The molecule has 4 heterocycles. The van der Waals surface area contributed by atoms with E-state index in [2.05, 4.69) is 0 Å². The van der Waals surface area contributed by atoms with Gasteiger partial charge in [-0.1, -0.05) is 13.8 Å². The molecule has 4 aliphatic carbocycles. The van der Waals surface area contributed by atoms with Gasteiger partial charge < -0.3 is 52.5 Å². The largest absolute Gasteiger partial charge is 0.472 e. The maximum absolute atomic E-state index is 13.8. The molecular formula is C35H40O16. The van der Waals surface area contributed by atoms with Crippen LogP contribution in [0.5, 0.6) is 0 Å². The number of ether oxygens (including phenoxy) is 8. The molecule has 1 spiro atoms. The highest BCUT2D eigenvalue weighted by atomic mass is 17.0. The first kappa shape index (κ1) is 34.3. The molecule has 2 saturated heterocycles. The first-order chi connectivity index (χ1) is 23.7. The van der Waals surface area contributed by atoms with Gasteiger partial charge in [-0.3, -0.25) is 14.4 Å². The summed E-state index contributed by atoms with van der Waals surface area (Å²) in [5.41, 5.74) is -12.9. The Bertz CT molecular complexity index is 1820. The van der Waals surface area contributed by atoms with Crippen LogP contribution in [0.1, 0.15) is 73.0 Å². The summed E-state index contributed by atoms with van der Waals surface area (Å²) in [7, 11) is 1.09. The van der Waals surface area contributed by atoms with Crippen LogP contribution in [0.15, 0.2) is 34.7 Å². The summed E-state index contributed by atoms with van der Waals surface area (Å²) in [5.74, 6) is -7.63. The van der Waals surface area contributed by atoms with E-state index in [0.29, 0.717) is 5.56 Å². The van der Waals surface area contributed by atoms with Crippen LogP contribution < -0.4 is 0 Å². The van der Waals surface area contributed by atoms with Crippen molar-refractivity contribution in [3.63, 3.8) is 0 Å². The van der Waals surface area contributed by atoms with E-state index >= 15 is 0 Å². The Hall–Kier alpha value is -3.83. The van der Waals surface area contributed by atoms with Gasteiger partial charge in [0.15, 0.2) is 17.8 Å². The van der Waals surface area contributed by atoms with Crippen molar-refractivity contribution in [2.75, 3.05) is 7.11 Å². The van der Waals surface area contributed by atoms with Crippen LogP contribution in [0.25, 0.3) is 0 Å². The Morgan fingerprint density at radius 2 is 1.69 bits per heavy atom. The summed E-state index contributed by atoms with van der Waals surface area (Å²) in [6.07, 6.45) is -4.03. The third-order valence-electron chi connectivity index (χ3n) is 13.4. The number of hydrogen-bond acceptors (Lipinski definition) is 16. The second kappa shape index (κ2) is 9.77. The summed E-state index contributed by atoms with van der Waals surface area (Å²) in [5, 5.41) is 25.6. The molecule has 276 valence electrons. The van der Waals surface area contributed by atoms with Gasteiger partial charge in [0.1, 0.15) is 29.5 Å². The Kier molecular flexibility index (Phi) is 6.57. The van der Waals surface area contributed by atoms with Crippen molar-refractivity contribution in [1.29, 1.82) is 0 Å². The highest BCUT2D eigenvalue weighted by molar-refractivity contribution is 5.86. The Morgan fingerprint density at radius 1 is 1.00 bits per heavy atom. The van der Waals surface area contributed by atoms with Crippen molar-refractivity contribution in [3.8, 4) is 0 Å². The topological polar surface area (TPSA) is 213 Å². The number of aliphatic hydroxyl groups excluding tert-OH is 1. The Balaban J connectivity index is 1.52. The Morgan fingerprint density at radius 3 is 2.27 bits per heavy atom. The molecule has 3 aliphatic heterocycles. The molecule has 16 nitrogen and oxygen atoms in total. The summed E-state index contributed by atoms with van der Waals surface area (Å²) in [4.78, 5) is 66.4. The van der Waals surface area contributed by atoms with E-state index < -0.39 is 111 Å². The third kappa shape index (κ3) is 3.43. The van der Waals surface area contributed by atoms with E-state index in [4.69, 9.17) is 42.3 Å².